The standard InChI is InChI=1S/C41H64N2O4/c1-27(2)35-21-31-22-39(26-44)34-15-14-28(3)33(34)23-40(31,41(35,39)38(45)46)37-20-30(19-29-11-5-6-12-29)36(47-37)25-43-18-10-7-13-32(43)24-42-16-8-4-9-17-42/h21,26-34,36-37H,4-20,22-25H2,1-3H3,(H,45,46)/t28-,30-,31?,32?,33-,34-,36+,37-,39?,40?,41+/m1/s1. The molecule has 4 saturated carbocycles. The van der Waals surface area contributed by atoms with Gasteiger partial charge in [0.1, 0.15) is 11.7 Å². The lowest BCUT2D eigenvalue weighted by molar-refractivity contribution is -0.198. The summed E-state index contributed by atoms with van der Waals surface area (Å²) in [5, 5.41) is 11.7. The molecule has 0 aromatic carbocycles. The molecule has 47 heavy (non-hydrogen) atoms. The number of likely N-dealkylation sites (tertiary alicyclic amines) is 2. The number of nitrogens with zero attached hydrogens (tertiary/aromatic N) is 2. The molecule has 3 aliphatic heterocycles. The summed E-state index contributed by atoms with van der Waals surface area (Å²) in [6.07, 6.45) is 23.0. The van der Waals surface area contributed by atoms with Crippen molar-refractivity contribution in [3.05, 3.63) is 11.6 Å². The van der Waals surface area contributed by atoms with E-state index in [9.17, 15) is 14.7 Å². The van der Waals surface area contributed by atoms with Crippen LogP contribution in [0.15, 0.2) is 11.6 Å². The molecule has 0 aromatic heterocycles. The summed E-state index contributed by atoms with van der Waals surface area (Å²) >= 11 is 0. The molecule has 262 valence electrons. The smallest absolute Gasteiger partial charge is 0.315 e. The zero-order valence-electron chi connectivity index (χ0n) is 29.8. The van der Waals surface area contributed by atoms with Gasteiger partial charge in [-0.25, -0.2) is 0 Å². The van der Waals surface area contributed by atoms with Gasteiger partial charge in [-0.3, -0.25) is 9.69 Å². The molecule has 3 saturated heterocycles. The number of hydrogen-bond donors (Lipinski definition) is 1. The minimum Gasteiger partial charge on any atom is -0.481 e. The van der Waals surface area contributed by atoms with Gasteiger partial charge in [-0.1, -0.05) is 77.4 Å². The van der Waals surface area contributed by atoms with Crippen molar-refractivity contribution in [1.29, 1.82) is 0 Å². The number of carboxylic acid groups (broad SMARTS) is 1. The third-order valence-corrected chi connectivity index (χ3v) is 16.1. The van der Waals surface area contributed by atoms with Gasteiger partial charge < -0.3 is 19.5 Å². The first-order chi connectivity index (χ1) is 22.7. The van der Waals surface area contributed by atoms with Gasteiger partial charge in [-0.05, 0) is 119 Å². The molecule has 8 aliphatic rings. The van der Waals surface area contributed by atoms with Crippen LogP contribution in [0.1, 0.15) is 124 Å². The van der Waals surface area contributed by atoms with Crippen molar-refractivity contribution < 1.29 is 19.4 Å². The third-order valence-electron chi connectivity index (χ3n) is 16.1. The molecule has 0 spiro atoms. The Morgan fingerprint density at radius 1 is 0.979 bits per heavy atom. The molecule has 0 aromatic rings. The molecule has 6 heteroatoms. The maximum Gasteiger partial charge on any atom is 0.315 e. The normalized spacial score (nSPS) is 47.1. The summed E-state index contributed by atoms with van der Waals surface area (Å²) in [6.45, 7) is 12.6. The fourth-order valence-corrected chi connectivity index (χ4v) is 14.3. The van der Waals surface area contributed by atoms with Crippen LogP contribution in [0.4, 0.5) is 0 Å². The van der Waals surface area contributed by atoms with Crippen LogP contribution in [0.25, 0.3) is 0 Å². The molecule has 6 nitrogen and oxygen atoms in total. The lowest BCUT2D eigenvalue weighted by atomic mass is 9.41. The highest BCUT2D eigenvalue weighted by Gasteiger charge is 2.86. The molecule has 7 fully saturated rings. The topological polar surface area (TPSA) is 70.1 Å². The summed E-state index contributed by atoms with van der Waals surface area (Å²) in [4.78, 5) is 33.5. The molecule has 1 N–H and O–H groups in total. The Labute approximate surface area is 284 Å². The van der Waals surface area contributed by atoms with Crippen molar-refractivity contribution >= 4 is 12.3 Å². The summed E-state index contributed by atoms with van der Waals surface area (Å²) in [5.41, 5.74) is -1.40. The average Bonchev–Trinajstić information content (AvgIpc) is 3.88. The van der Waals surface area contributed by atoms with Crippen LogP contribution in [0.3, 0.4) is 0 Å². The van der Waals surface area contributed by atoms with E-state index in [1.165, 1.54) is 103 Å². The summed E-state index contributed by atoms with van der Waals surface area (Å²) in [5.74, 6) is 1.92. The molecule has 11 atom stereocenters. The van der Waals surface area contributed by atoms with Crippen molar-refractivity contribution in [1.82, 2.24) is 9.80 Å². The first kappa shape index (κ1) is 32.9. The van der Waals surface area contributed by atoms with E-state index in [-0.39, 0.29) is 30.0 Å². The number of allylic oxidation sites excluding steroid dienone is 1. The molecule has 8 rings (SSSR count). The van der Waals surface area contributed by atoms with Crippen LogP contribution >= 0.6 is 0 Å². The Hall–Kier alpha value is -1.24. The van der Waals surface area contributed by atoms with E-state index < -0.39 is 22.2 Å². The minimum absolute atomic E-state index is 0.0894. The van der Waals surface area contributed by atoms with Gasteiger partial charge in [0.25, 0.3) is 0 Å². The van der Waals surface area contributed by atoms with E-state index in [0.29, 0.717) is 23.8 Å². The number of piperidine rings is 2. The third kappa shape index (κ3) is 4.79. The monoisotopic (exact) mass is 648 g/mol. The van der Waals surface area contributed by atoms with Crippen LogP contribution in [0.2, 0.25) is 0 Å². The molecular weight excluding hydrogens is 584 g/mol. The van der Waals surface area contributed by atoms with E-state index >= 15 is 0 Å². The molecule has 0 radical (unpaired) electrons. The van der Waals surface area contributed by atoms with E-state index in [1.54, 1.807) is 0 Å². The number of carbonyl (C=O) groups is 2. The highest BCUT2D eigenvalue weighted by Crippen LogP contribution is 2.84. The zero-order valence-corrected chi connectivity index (χ0v) is 29.8. The van der Waals surface area contributed by atoms with Crippen molar-refractivity contribution in [3.63, 3.8) is 0 Å². The number of carbonyl (C=O) groups excluding carboxylic acids is 1. The maximum absolute atomic E-state index is 14.2. The number of fused-ring (bicyclic) bond motifs is 2. The minimum atomic E-state index is -1.13. The molecule has 4 unspecified atom stereocenters. The fraction of sp³-hybridized carbons (Fsp3) is 0.902. The summed E-state index contributed by atoms with van der Waals surface area (Å²) in [6, 6.07) is 0.606. The summed E-state index contributed by atoms with van der Waals surface area (Å²) < 4.78 is 7.58. The Bertz CT molecular complexity index is 1220. The van der Waals surface area contributed by atoms with Gasteiger partial charge >= 0.3 is 5.97 Å². The maximum atomic E-state index is 14.2. The lowest BCUT2D eigenvalue weighted by Gasteiger charge is -2.60. The van der Waals surface area contributed by atoms with Crippen LogP contribution in [-0.4, -0.2) is 78.1 Å². The Morgan fingerprint density at radius 3 is 2.45 bits per heavy atom. The van der Waals surface area contributed by atoms with Crippen LogP contribution < -0.4 is 0 Å². The molecular formula is C41H64N2O4. The van der Waals surface area contributed by atoms with Crippen molar-refractivity contribution in [2.45, 2.75) is 142 Å². The van der Waals surface area contributed by atoms with E-state index in [4.69, 9.17) is 4.74 Å². The lowest BCUT2D eigenvalue weighted by Crippen LogP contribution is -2.65. The quantitative estimate of drug-likeness (QED) is 0.194. The molecule has 3 heterocycles. The first-order valence-electron chi connectivity index (χ1n) is 20.3. The highest BCUT2D eigenvalue weighted by atomic mass is 16.5. The largest absolute Gasteiger partial charge is 0.481 e. The number of ether oxygens (including phenoxy) is 1. The number of aldehydes is 1. The number of aliphatic carboxylic acids is 1. The first-order valence-corrected chi connectivity index (χ1v) is 20.3. The molecule has 4 bridgehead atoms. The van der Waals surface area contributed by atoms with Gasteiger partial charge in [0.05, 0.1) is 17.6 Å². The van der Waals surface area contributed by atoms with Gasteiger partial charge in [0.2, 0.25) is 0 Å². The van der Waals surface area contributed by atoms with Gasteiger partial charge in [-0.15, -0.1) is 0 Å². The van der Waals surface area contributed by atoms with Gasteiger partial charge in [0.15, 0.2) is 0 Å². The van der Waals surface area contributed by atoms with E-state index in [2.05, 4.69) is 36.6 Å². The Kier molecular flexibility index (Phi) is 8.77. The van der Waals surface area contributed by atoms with Crippen LogP contribution in [0.5, 0.6) is 0 Å². The van der Waals surface area contributed by atoms with E-state index in [0.717, 1.165) is 50.1 Å². The molecule has 5 aliphatic carbocycles. The molecule has 0 amide bonds. The van der Waals surface area contributed by atoms with Crippen LogP contribution in [0, 0.1) is 57.7 Å². The second kappa shape index (κ2) is 12.5. The fourth-order valence-electron chi connectivity index (χ4n) is 14.3. The second-order valence-corrected chi connectivity index (χ2v) is 18.4. The Balaban J connectivity index is 1.15. The predicted octanol–water partition coefficient (Wildman–Crippen LogP) is 7.61. The van der Waals surface area contributed by atoms with Crippen molar-refractivity contribution in [2.75, 3.05) is 32.7 Å². The SMILES string of the molecule is CC(C)C1=CC2CC3(C=O)[C@@H]4CC[C@@H](C)[C@H]4CC2([C@H]2C[C@@H](CC4CCCC4)[C@H](CN4CCCCC4CN4CCCCC4)O2)[C@]13C(=O)O. The highest BCUT2D eigenvalue weighted by molar-refractivity contribution is 5.90. The van der Waals surface area contributed by atoms with Gasteiger partial charge in [-0.2, -0.15) is 0 Å². The van der Waals surface area contributed by atoms with Crippen molar-refractivity contribution in [2.24, 2.45) is 57.7 Å². The van der Waals surface area contributed by atoms with Gasteiger partial charge in [0, 0.05) is 24.5 Å². The zero-order chi connectivity index (χ0) is 32.6. The summed E-state index contributed by atoms with van der Waals surface area (Å²) in [7, 11) is 0. The van der Waals surface area contributed by atoms with Crippen LogP contribution in [-0.2, 0) is 14.3 Å². The van der Waals surface area contributed by atoms with Crippen molar-refractivity contribution in [3.8, 4) is 0 Å². The average molecular weight is 649 g/mol. The second-order valence-electron chi connectivity index (χ2n) is 18.4. The number of hydrogen-bond acceptors (Lipinski definition) is 5. The number of carboxylic acids is 1. The van der Waals surface area contributed by atoms with E-state index in [1.807, 2.05) is 0 Å². The predicted molar refractivity (Wildman–Crippen MR) is 185 cm³/mol. The Morgan fingerprint density at radius 2 is 1.72 bits per heavy atom. The number of rotatable bonds is 10.